The lowest BCUT2D eigenvalue weighted by molar-refractivity contribution is 0.0854. The van der Waals surface area contributed by atoms with Crippen LogP contribution >= 0.6 is 0 Å². The molecule has 110 valence electrons. The van der Waals surface area contributed by atoms with Crippen molar-refractivity contribution in [2.24, 2.45) is 5.92 Å². The van der Waals surface area contributed by atoms with Crippen molar-refractivity contribution >= 4 is 5.78 Å². The Morgan fingerprint density at radius 2 is 1.75 bits per heavy atom. The number of rotatable bonds is 8. The van der Waals surface area contributed by atoms with E-state index in [-0.39, 0.29) is 11.7 Å². The van der Waals surface area contributed by atoms with E-state index in [1.54, 1.807) is 0 Å². The number of carbonyl (C=O) groups is 1. The molecule has 0 amide bonds. The summed E-state index contributed by atoms with van der Waals surface area (Å²) >= 11 is 0. The molecule has 1 aromatic carbocycles. The van der Waals surface area contributed by atoms with E-state index in [1.807, 2.05) is 18.2 Å². The van der Waals surface area contributed by atoms with Crippen LogP contribution in [0, 0.1) is 5.92 Å². The minimum Gasteiger partial charge on any atom is -0.490 e. The fraction of sp³-hybridized carbons (Fsp3) is 0.588. The molecule has 1 fully saturated rings. The van der Waals surface area contributed by atoms with Crippen LogP contribution in [-0.2, 0) is 0 Å². The normalized spacial score (nSPS) is 14.7. The molecule has 1 aliphatic carbocycles. The van der Waals surface area contributed by atoms with Crippen LogP contribution in [0.5, 0.6) is 11.5 Å². The molecule has 0 radical (unpaired) electrons. The maximum Gasteiger partial charge on any atom is 0.166 e. The van der Waals surface area contributed by atoms with Gasteiger partial charge in [0.15, 0.2) is 17.3 Å². The predicted octanol–water partition coefficient (Wildman–Crippen LogP) is 4.25. The quantitative estimate of drug-likeness (QED) is 0.666. The van der Waals surface area contributed by atoms with Crippen LogP contribution < -0.4 is 9.47 Å². The minimum atomic E-state index is 0.219. The van der Waals surface area contributed by atoms with Crippen molar-refractivity contribution < 1.29 is 14.3 Å². The van der Waals surface area contributed by atoms with Crippen molar-refractivity contribution in [1.82, 2.24) is 0 Å². The van der Waals surface area contributed by atoms with E-state index < -0.39 is 0 Å². The summed E-state index contributed by atoms with van der Waals surface area (Å²) in [6.07, 6.45) is 5.12. The number of hydrogen-bond donors (Lipinski definition) is 0. The number of benzene rings is 1. The van der Waals surface area contributed by atoms with Crippen molar-refractivity contribution in [3.8, 4) is 11.5 Å². The van der Waals surface area contributed by atoms with Gasteiger partial charge in [0.05, 0.1) is 13.2 Å². The van der Waals surface area contributed by atoms with Gasteiger partial charge in [-0.2, -0.15) is 0 Å². The highest BCUT2D eigenvalue weighted by atomic mass is 16.5. The van der Waals surface area contributed by atoms with Crippen LogP contribution in [0.1, 0.15) is 56.3 Å². The van der Waals surface area contributed by atoms with E-state index in [1.165, 1.54) is 6.42 Å². The molecule has 0 N–H and O–H groups in total. The first-order valence-electron chi connectivity index (χ1n) is 7.70. The Morgan fingerprint density at radius 3 is 2.30 bits per heavy atom. The molecule has 0 aliphatic heterocycles. The second-order valence-electron chi connectivity index (χ2n) is 5.35. The third-order valence-corrected chi connectivity index (χ3v) is 3.63. The van der Waals surface area contributed by atoms with Gasteiger partial charge in [-0.05, 0) is 43.9 Å². The van der Waals surface area contributed by atoms with E-state index in [2.05, 4.69) is 13.8 Å². The lowest BCUT2D eigenvalue weighted by atomic mass is 9.80. The lowest BCUT2D eigenvalue weighted by Crippen LogP contribution is -2.22. The van der Waals surface area contributed by atoms with E-state index in [4.69, 9.17) is 9.47 Å². The molecule has 0 atom stereocenters. The molecule has 0 bridgehead atoms. The summed E-state index contributed by atoms with van der Waals surface area (Å²) in [6.45, 7) is 5.44. The van der Waals surface area contributed by atoms with Crippen molar-refractivity contribution in [2.45, 2.75) is 46.0 Å². The van der Waals surface area contributed by atoms with Crippen molar-refractivity contribution in [3.63, 3.8) is 0 Å². The first kappa shape index (κ1) is 14.9. The summed E-state index contributed by atoms with van der Waals surface area (Å²) in [7, 11) is 0. The van der Waals surface area contributed by atoms with Crippen LogP contribution in [0.2, 0.25) is 0 Å². The van der Waals surface area contributed by atoms with Gasteiger partial charge >= 0.3 is 0 Å². The Hall–Kier alpha value is -1.51. The van der Waals surface area contributed by atoms with Gasteiger partial charge in [0.2, 0.25) is 0 Å². The summed E-state index contributed by atoms with van der Waals surface area (Å²) in [5, 5.41) is 0. The SMILES string of the molecule is CCCOc1ccc(C(=O)C2CCC2)cc1OCCC. The lowest BCUT2D eigenvalue weighted by Gasteiger charge is -2.24. The Bertz CT molecular complexity index is 450. The molecule has 0 heterocycles. The van der Waals surface area contributed by atoms with Crippen LogP contribution in [0.3, 0.4) is 0 Å². The first-order valence-corrected chi connectivity index (χ1v) is 7.70. The smallest absolute Gasteiger partial charge is 0.166 e. The predicted molar refractivity (Wildman–Crippen MR) is 79.7 cm³/mol. The van der Waals surface area contributed by atoms with E-state index in [0.29, 0.717) is 19.0 Å². The van der Waals surface area contributed by atoms with Gasteiger partial charge in [0, 0.05) is 11.5 Å². The van der Waals surface area contributed by atoms with Gasteiger partial charge in [-0.25, -0.2) is 0 Å². The van der Waals surface area contributed by atoms with Crippen molar-refractivity contribution in [2.75, 3.05) is 13.2 Å². The van der Waals surface area contributed by atoms with E-state index in [0.717, 1.165) is 37.0 Å². The van der Waals surface area contributed by atoms with Gasteiger partial charge < -0.3 is 9.47 Å². The summed E-state index contributed by atoms with van der Waals surface area (Å²) in [5.74, 6) is 1.91. The average molecular weight is 276 g/mol. The van der Waals surface area contributed by atoms with Gasteiger partial charge in [-0.15, -0.1) is 0 Å². The number of Topliss-reactive ketones (excluding diaryl/α,β-unsaturated/α-hetero) is 1. The number of hydrogen-bond acceptors (Lipinski definition) is 3. The van der Waals surface area contributed by atoms with E-state index in [9.17, 15) is 4.79 Å². The Morgan fingerprint density at radius 1 is 1.10 bits per heavy atom. The molecule has 0 saturated heterocycles. The topological polar surface area (TPSA) is 35.5 Å². The molecule has 3 nitrogen and oxygen atoms in total. The summed E-state index contributed by atoms with van der Waals surface area (Å²) in [4.78, 5) is 12.3. The highest BCUT2D eigenvalue weighted by Gasteiger charge is 2.26. The second-order valence-corrected chi connectivity index (χ2v) is 5.35. The molecule has 0 spiro atoms. The Balaban J connectivity index is 2.15. The van der Waals surface area contributed by atoms with Gasteiger partial charge in [0.1, 0.15) is 0 Å². The summed E-state index contributed by atoms with van der Waals surface area (Å²) < 4.78 is 11.4. The molecule has 1 aromatic rings. The average Bonchev–Trinajstić information content (AvgIpc) is 2.41. The zero-order valence-corrected chi connectivity index (χ0v) is 12.5. The summed E-state index contributed by atoms with van der Waals surface area (Å²) in [6, 6.07) is 5.58. The van der Waals surface area contributed by atoms with Crippen molar-refractivity contribution in [1.29, 1.82) is 0 Å². The number of ketones is 1. The zero-order valence-electron chi connectivity index (χ0n) is 12.5. The molecule has 1 saturated carbocycles. The Kier molecular flexibility index (Phi) is 5.45. The molecule has 0 unspecified atom stereocenters. The Labute approximate surface area is 121 Å². The third-order valence-electron chi connectivity index (χ3n) is 3.63. The highest BCUT2D eigenvalue weighted by molar-refractivity contribution is 5.98. The largest absolute Gasteiger partial charge is 0.490 e. The standard InChI is InChI=1S/C17H24O3/c1-3-10-19-15-9-8-14(12-16(15)20-11-4-2)17(18)13-6-5-7-13/h8-9,12-13H,3-7,10-11H2,1-2H3. The minimum absolute atomic E-state index is 0.219. The number of carbonyl (C=O) groups excluding carboxylic acids is 1. The molecular weight excluding hydrogens is 252 g/mol. The maximum atomic E-state index is 12.3. The van der Waals surface area contributed by atoms with Crippen LogP contribution in [0.4, 0.5) is 0 Å². The monoisotopic (exact) mass is 276 g/mol. The van der Waals surface area contributed by atoms with Crippen molar-refractivity contribution in [3.05, 3.63) is 23.8 Å². The van der Waals surface area contributed by atoms with Crippen LogP contribution in [0.15, 0.2) is 18.2 Å². The molecule has 3 heteroatoms. The third kappa shape index (κ3) is 3.53. The molecule has 2 rings (SSSR count). The number of ether oxygens (including phenoxy) is 2. The van der Waals surface area contributed by atoms with Crippen LogP contribution in [0.25, 0.3) is 0 Å². The first-order chi connectivity index (χ1) is 9.76. The van der Waals surface area contributed by atoms with Gasteiger partial charge in [-0.3, -0.25) is 4.79 Å². The van der Waals surface area contributed by atoms with E-state index >= 15 is 0 Å². The zero-order chi connectivity index (χ0) is 14.4. The fourth-order valence-electron chi connectivity index (χ4n) is 2.22. The second kappa shape index (κ2) is 7.32. The van der Waals surface area contributed by atoms with Gasteiger partial charge in [-0.1, -0.05) is 20.3 Å². The molecule has 1 aliphatic rings. The molecule has 0 aromatic heterocycles. The molecule has 20 heavy (non-hydrogen) atoms. The summed E-state index contributed by atoms with van der Waals surface area (Å²) in [5.41, 5.74) is 0.754. The fourth-order valence-corrected chi connectivity index (χ4v) is 2.22. The maximum absolute atomic E-state index is 12.3. The van der Waals surface area contributed by atoms with Crippen LogP contribution in [-0.4, -0.2) is 19.0 Å². The van der Waals surface area contributed by atoms with Gasteiger partial charge in [0.25, 0.3) is 0 Å². The highest BCUT2D eigenvalue weighted by Crippen LogP contribution is 2.34. The molecular formula is C17H24O3.